The molecule has 0 aromatic heterocycles. The summed E-state index contributed by atoms with van der Waals surface area (Å²) in [6.45, 7) is 0. The van der Waals surface area contributed by atoms with E-state index in [1.165, 1.54) is 16.3 Å². The lowest BCUT2D eigenvalue weighted by atomic mass is 9.96. The molecule has 116 valence electrons. The maximum atomic E-state index is 10.8. The molecule has 1 nitrogen and oxygen atoms in total. The van der Waals surface area contributed by atoms with Crippen molar-refractivity contribution in [3.05, 3.63) is 102 Å². The van der Waals surface area contributed by atoms with Crippen molar-refractivity contribution >= 4 is 10.8 Å². The molecule has 1 heteroatoms. The Hall–Kier alpha value is -3.06. The molecule has 24 heavy (non-hydrogen) atoms. The monoisotopic (exact) mass is 310 g/mol. The molecule has 1 N–H and O–H groups in total. The van der Waals surface area contributed by atoms with E-state index in [-0.39, 0.29) is 0 Å². The van der Waals surface area contributed by atoms with E-state index in [1.807, 2.05) is 48.5 Å². The van der Waals surface area contributed by atoms with Gasteiger partial charge in [-0.2, -0.15) is 0 Å². The average molecular weight is 310 g/mol. The molecule has 0 bridgehead atoms. The van der Waals surface area contributed by atoms with Gasteiger partial charge in [-0.25, -0.2) is 0 Å². The standard InChI is InChI=1S/C23H18O/c24-23-21(15-17-7-2-1-3-8-17)11-6-12-22(23)20-14-13-18-9-4-5-10-19(18)16-20/h1-14,16,24H,15H2. The molecular formula is C23H18O. The normalized spacial score (nSPS) is 10.8. The summed E-state index contributed by atoms with van der Waals surface area (Å²) in [5, 5.41) is 13.2. The van der Waals surface area contributed by atoms with Crippen molar-refractivity contribution in [3.63, 3.8) is 0 Å². The zero-order valence-electron chi connectivity index (χ0n) is 13.3. The number of rotatable bonds is 3. The second-order valence-electron chi connectivity index (χ2n) is 6.04. The van der Waals surface area contributed by atoms with Gasteiger partial charge in [0.05, 0.1) is 0 Å². The SMILES string of the molecule is Oc1c(Cc2ccccc2)cccc1-c1ccc2ccccc2c1. The summed E-state index contributed by atoms with van der Waals surface area (Å²) in [6.07, 6.45) is 0.730. The van der Waals surface area contributed by atoms with Gasteiger partial charge >= 0.3 is 0 Å². The number of hydrogen-bond acceptors (Lipinski definition) is 1. The molecule has 4 aromatic carbocycles. The number of phenols is 1. The Kier molecular flexibility index (Phi) is 3.76. The quantitative estimate of drug-likeness (QED) is 0.507. The molecule has 0 aliphatic rings. The minimum Gasteiger partial charge on any atom is -0.507 e. The van der Waals surface area contributed by atoms with Gasteiger partial charge in [-0.05, 0) is 33.5 Å². The van der Waals surface area contributed by atoms with Gasteiger partial charge in [0.15, 0.2) is 0 Å². The van der Waals surface area contributed by atoms with Gasteiger partial charge in [0.25, 0.3) is 0 Å². The second kappa shape index (κ2) is 6.21. The smallest absolute Gasteiger partial charge is 0.126 e. The summed E-state index contributed by atoms with van der Waals surface area (Å²) >= 11 is 0. The third-order valence-corrected chi connectivity index (χ3v) is 4.42. The van der Waals surface area contributed by atoms with Gasteiger partial charge in [-0.1, -0.05) is 84.9 Å². The van der Waals surface area contributed by atoms with E-state index in [0.717, 1.165) is 23.1 Å². The number of para-hydroxylation sites is 1. The first kappa shape index (κ1) is 14.5. The first-order valence-electron chi connectivity index (χ1n) is 8.15. The molecule has 0 fully saturated rings. The van der Waals surface area contributed by atoms with Crippen LogP contribution in [0.5, 0.6) is 5.75 Å². The Bertz CT molecular complexity index is 987. The van der Waals surface area contributed by atoms with Crippen molar-refractivity contribution in [1.82, 2.24) is 0 Å². The lowest BCUT2D eigenvalue weighted by Crippen LogP contribution is -1.90. The number of hydrogen-bond donors (Lipinski definition) is 1. The molecule has 0 heterocycles. The van der Waals surface area contributed by atoms with Crippen molar-refractivity contribution in [1.29, 1.82) is 0 Å². The van der Waals surface area contributed by atoms with E-state index in [1.54, 1.807) is 0 Å². The Labute approximate surface area is 141 Å². The third-order valence-electron chi connectivity index (χ3n) is 4.42. The van der Waals surface area contributed by atoms with Crippen LogP contribution < -0.4 is 0 Å². The van der Waals surface area contributed by atoms with Gasteiger partial charge in [0.2, 0.25) is 0 Å². The van der Waals surface area contributed by atoms with E-state index < -0.39 is 0 Å². The maximum absolute atomic E-state index is 10.8. The molecule has 0 atom stereocenters. The van der Waals surface area contributed by atoms with Gasteiger partial charge in [0.1, 0.15) is 5.75 Å². The van der Waals surface area contributed by atoms with Crippen molar-refractivity contribution in [2.24, 2.45) is 0 Å². The number of aromatic hydroxyl groups is 1. The average Bonchev–Trinajstić information content (AvgIpc) is 2.64. The van der Waals surface area contributed by atoms with Crippen LogP contribution in [0.1, 0.15) is 11.1 Å². The van der Waals surface area contributed by atoms with Crippen LogP contribution in [0.25, 0.3) is 21.9 Å². The molecule has 0 saturated heterocycles. The summed E-state index contributed by atoms with van der Waals surface area (Å²) in [6, 6.07) is 30.8. The molecule has 0 amide bonds. The highest BCUT2D eigenvalue weighted by molar-refractivity contribution is 5.88. The van der Waals surface area contributed by atoms with E-state index in [4.69, 9.17) is 0 Å². The molecule has 0 saturated carbocycles. The van der Waals surface area contributed by atoms with Crippen LogP contribution in [0.4, 0.5) is 0 Å². The first-order chi connectivity index (χ1) is 11.8. The highest BCUT2D eigenvalue weighted by Crippen LogP contribution is 2.34. The summed E-state index contributed by atoms with van der Waals surface area (Å²) in [4.78, 5) is 0. The van der Waals surface area contributed by atoms with Crippen molar-refractivity contribution < 1.29 is 5.11 Å². The van der Waals surface area contributed by atoms with E-state index in [9.17, 15) is 5.11 Å². The van der Waals surface area contributed by atoms with Gasteiger partial charge in [0, 0.05) is 12.0 Å². The van der Waals surface area contributed by atoms with E-state index in [2.05, 4.69) is 42.5 Å². The first-order valence-corrected chi connectivity index (χ1v) is 8.15. The number of fused-ring (bicyclic) bond motifs is 1. The maximum Gasteiger partial charge on any atom is 0.126 e. The van der Waals surface area contributed by atoms with E-state index in [0.29, 0.717) is 5.75 Å². The molecule has 0 unspecified atom stereocenters. The molecule has 4 rings (SSSR count). The highest BCUT2D eigenvalue weighted by atomic mass is 16.3. The predicted octanol–water partition coefficient (Wildman–Crippen LogP) is 5.80. The lowest BCUT2D eigenvalue weighted by Gasteiger charge is -2.11. The topological polar surface area (TPSA) is 20.2 Å². The van der Waals surface area contributed by atoms with Gasteiger partial charge in [-0.15, -0.1) is 0 Å². The Morgan fingerprint density at radius 1 is 0.625 bits per heavy atom. The summed E-state index contributed by atoms with van der Waals surface area (Å²) < 4.78 is 0. The molecule has 0 aliphatic carbocycles. The van der Waals surface area contributed by atoms with Crippen LogP contribution in [0.2, 0.25) is 0 Å². The van der Waals surface area contributed by atoms with Crippen LogP contribution >= 0.6 is 0 Å². The Morgan fingerprint density at radius 3 is 2.21 bits per heavy atom. The molecule has 4 aromatic rings. The predicted molar refractivity (Wildman–Crippen MR) is 100 cm³/mol. The molecular weight excluding hydrogens is 292 g/mol. The molecule has 0 radical (unpaired) electrons. The van der Waals surface area contributed by atoms with Gasteiger partial charge < -0.3 is 5.11 Å². The fourth-order valence-electron chi connectivity index (χ4n) is 3.14. The zero-order chi connectivity index (χ0) is 16.4. The third kappa shape index (κ3) is 2.77. The van der Waals surface area contributed by atoms with E-state index >= 15 is 0 Å². The fraction of sp³-hybridized carbons (Fsp3) is 0.0435. The number of phenolic OH excluding ortho intramolecular Hbond substituents is 1. The van der Waals surface area contributed by atoms with Crippen LogP contribution in [0.3, 0.4) is 0 Å². The zero-order valence-corrected chi connectivity index (χ0v) is 13.3. The van der Waals surface area contributed by atoms with Crippen LogP contribution in [0, 0.1) is 0 Å². The van der Waals surface area contributed by atoms with Crippen molar-refractivity contribution in [2.45, 2.75) is 6.42 Å². The second-order valence-corrected chi connectivity index (χ2v) is 6.04. The molecule has 0 spiro atoms. The largest absolute Gasteiger partial charge is 0.507 e. The highest BCUT2D eigenvalue weighted by Gasteiger charge is 2.10. The minimum absolute atomic E-state index is 0.372. The van der Waals surface area contributed by atoms with Crippen LogP contribution in [-0.2, 0) is 6.42 Å². The summed E-state index contributed by atoms with van der Waals surface area (Å²) in [7, 11) is 0. The van der Waals surface area contributed by atoms with Gasteiger partial charge in [-0.3, -0.25) is 0 Å². The lowest BCUT2D eigenvalue weighted by molar-refractivity contribution is 0.471. The summed E-state index contributed by atoms with van der Waals surface area (Å²) in [5.74, 6) is 0.372. The summed E-state index contributed by atoms with van der Waals surface area (Å²) in [5.41, 5.74) is 4.07. The minimum atomic E-state index is 0.372. The number of benzene rings is 4. The van der Waals surface area contributed by atoms with Crippen molar-refractivity contribution in [2.75, 3.05) is 0 Å². The van der Waals surface area contributed by atoms with Crippen LogP contribution in [-0.4, -0.2) is 5.11 Å². The Balaban J connectivity index is 1.76. The Morgan fingerprint density at radius 2 is 1.38 bits per heavy atom. The van der Waals surface area contributed by atoms with Crippen molar-refractivity contribution in [3.8, 4) is 16.9 Å². The molecule has 0 aliphatic heterocycles. The fourth-order valence-corrected chi connectivity index (χ4v) is 3.14. The van der Waals surface area contributed by atoms with Crippen LogP contribution in [0.15, 0.2) is 91.0 Å².